The van der Waals surface area contributed by atoms with Crippen LogP contribution in [0.15, 0.2) is 18.2 Å². The summed E-state index contributed by atoms with van der Waals surface area (Å²) >= 11 is 0. The van der Waals surface area contributed by atoms with Gasteiger partial charge in [0.1, 0.15) is 11.6 Å². The predicted octanol–water partition coefficient (Wildman–Crippen LogP) is 2.82. The van der Waals surface area contributed by atoms with E-state index in [2.05, 4.69) is 12.2 Å². The Morgan fingerprint density at radius 2 is 2.24 bits per heavy atom. The third-order valence-corrected chi connectivity index (χ3v) is 3.22. The number of anilines is 1. The molecule has 1 aromatic carbocycles. The molecule has 1 saturated carbocycles. The summed E-state index contributed by atoms with van der Waals surface area (Å²) in [5.41, 5.74) is 0.803. The first-order chi connectivity index (χ1) is 8.04. The molecule has 0 heterocycles. The smallest absolute Gasteiger partial charge is 0.287 e. The van der Waals surface area contributed by atoms with Gasteiger partial charge in [-0.15, -0.1) is 0 Å². The van der Waals surface area contributed by atoms with E-state index in [-0.39, 0.29) is 16.8 Å². The molecule has 0 aromatic heterocycles. The number of hydrogen-bond donors (Lipinski definition) is 1. The highest BCUT2D eigenvalue weighted by molar-refractivity contribution is 5.59. The minimum Gasteiger partial charge on any atom is -0.380 e. The van der Waals surface area contributed by atoms with Crippen LogP contribution in [0.1, 0.15) is 31.7 Å². The van der Waals surface area contributed by atoms with Crippen LogP contribution in [0, 0.1) is 21.4 Å². The number of nitrogens with one attached hydrogen (secondary N) is 1. The Balaban J connectivity index is 2.26. The van der Waals surface area contributed by atoms with Gasteiger partial charge in [0.25, 0.3) is 5.69 Å². The zero-order valence-corrected chi connectivity index (χ0v) is 9.56. The zero-order valence-electron chi connectivity index (χ0n) is 9.56. The second-order valence-corrected chi connectivity index (χ2v) is 4.64. The maximum Gasteiger partial charge on any atom is 0.287 e. The van der Waals surface area contributed by atoms with Crippen molar-refractivity contribution in [3.63, 3.8) is 0 Å². The summed E-state index contributed by atoms with van der Waals surface area (Å²) in [6.07, 6.45) is 3.37. The fourth-order valence-corrected chi connectivity index (χ4v) is 2.04. The molecule has 5 nitrogen and oxygen atoms in total. The van der Waals surface area contributed by atoms with Crippen LogP contribution >= 0.6 is 0 Å². The van der Waals surface area contributed by atoms with E-state index in [0.29, 0.717) is 0 Å². The summed E-state index contributed by atoms with van der Waals surface area (Å²) in [5, 5.41) is 22.9. The van der Waals surface area contributed by atoms with E-state index in [1.54, 1.807) is 12.1 Å². The molecule has 1 N–H and O–H groups in total. The highest BCUT2D eigenvalue weighted by Crippen LogP contribution is 2.35. The van der Waals surface area contributed by atoms with E-state index < -0.39 is 4.92 Å². The van der Waals surface area contributed by atoms with Gasteiger partial charge in [0.2, 0.25) is 0 Å². The lowest BCUT2D eigenvalue weighted by Crippen LogP contribution is -2.41. The minimum absolute atomic E-state index is 0.0723. The fourth-order valence-electron chi connectivity index (χ4n) is 2.04. The molecule has 2 rings (SSSR count). The maximum atomic E-state index is 10.7. The standard InChI is InChI=1S/C12H13N3O2/c1-12(5-2-6-12)14-10-3-4-11(15(16)17)9(7-10)8-13/h3-4,7,14H,2,5-6H2,1H3. The second-order valence-electron chi connectivity index (χ2n) is 4.64. The Labute approximate surface area is 99.2 Å². The maximum absolute atomic E-state index is 10.7. The van der Waals surface area contributed by atoms with Gasteiger partial charge in [-0.1, -0.05) is 0 Å². The lowest BCUT2D eigenvalue weighted by Gasteiger charge is -2.40. The van der Waals surface area contributed by atoms with E-state index in [1.165, 1.54) is 12.5 Å². The molecule has 5 heteroatoms. The molecule has 0 unspecified atom stereocenters. The number of nitro benzene ring substituents is 1. The molecular formula is C12H13N3O2. The summed E-state index contributed by atoms with van der Waals surface area (Å²) < 4.78 is 0. The van der Waals surface area contributed by atoms with Crippen LogP contribution in [0.3, 0.4) is 0 Å². The first-order valence-corrected chi connectivity index (χ1v) is 5.51. The van der Waals surface area contributed by atoms with Crippen molar-refractivity contribution in [1.82, 2.24) is 0 Å². The van der Waals surface area contributed by atoms with Gasteiger partial charge in [0.15, 0.2) is 0 Å². The Morgan fingerprint density at radius 3 is 2.71 bits per heavy atom. The van der Waals surface area contributed by atoms with Gasteiger partial charge in [-0.25, -0.2) is 0 Å². The highest BCUT2D eigenvalue weighted by atomic mass is 16.6. The van der Waals surface area contributed by atoms with Crippen LogP contribution in [0.4, 0.5) is 11.4 Å². The van der Waals surface area contributed by atoms with Crippen molar-refractivity contribution in [2.24, 2.45) is 0 Å². The molecule has 0 saturated heterocycles. The fraction of sp³-hybridized carbons (Fsp3) is 0.417. The number of nitriles is 1. The highest BCUT2D eigenvalue weighted by Gasteiger charge is 2.31. The molecule has 0 radical (unpaired) electrons. The number of benzene rings is 1. The summed E-state index contributed by atoms with van der Waals surface area (Å²) in [6.45, 7) is 2.12. The molecule has 17 heavy (non-hydrogen) atoms. The van der Waals surface area contributed by atoms with E-state index in [4.69, 9.17) is 5.26 Å². The number of nitrogens with zero attached hydrogens (tertiary/aromatic N) is 2. The molecule has 88 valence electrons. The van der Waals surface area contributed by atoms with Crippen molar-refractivity contribution in [3.8, 4) is 6.07 Å². The quantitative estimate of drug-likeness (QED) is 0.640. The van der Waals surface area contributed by atoms with Crippen LogP contribution < -0.4 is 5.32 Å². The summed E-state index contributed by atoms with van der Waals surface area (Å²) in [6, 6.07) is 6.43. The van der Waals surface area contributed by atoms with Crippen molar-refractivity contribution in [1.29, 1.82) is 5.26 Å². The van der Waals surface area contributed by atoms with Gasteiger partial charge < -0.3 is 5.32 Å². The third kappa shape index (κ3) is 2.21. The van der Waals surface area contributed by atoms with Gasteiger partial charge in [-0.3, -0.25) is 10.1 Å². The van der Waals surface area contributed by atoms with Crippen molar-refractivity contribution < 1.29 is 4.92 Å². The van der Waals surface area contributed by atoms with E-state index in [9.17, 15) is 10.1 Å². The van der Waals surface area contributed by atoms with Gasteiger partial charge in [-0.05, 0) is 38.3 Å². The molecular weight excluding hydrogens is 218 g/mol. The molecule has 0 spiro atoms. The molecule has 1 fully saturated rings. The van der Waals surface area contributed by atoms with E-state index >= 15 is 0 Å². The molecule has 0 bridgehead atoms. The molecule has 1 aromatic rings. The largest absolute Gasteiger partial charge is 0.380 e. The Kier molecular flexibility index (Phi) is 2.72. The van der Waals surface area contributed by atoms with Crippen LogP contribution in [-0.2, 0) is 0 Å². The SMILES string of the molecule is CC1(Nc2ccc([N+](=O)[O-])c(C#N)c2)CCC1. The molecule has 1 aliphatic rings. The van der Waals surface area contributed by atoms with Gasteiger partial charge in [0.05, 0.1) is 4.92 Å². The summed E-state index contributed by atoms with van der Waals surface area (Å²) in [4.78, 5) is 10.1. The van der Waals surface area contributed by atoms with Crippen LogP contribution in [-0.4, -0.2) is 10.5 Å². The molecule has 0 amide bonds. The first-order valence-electron chi connectivity index (χ1n) is 5.51. The van der Waals surface area contributed by atoms with Crippen molar-refractivity contribution in [2.45, 2.75) is 31.7 Å². The summed E-state index contributed by atoms with van der Waals surface area (Å²) in [5.74, 6) is 0. The van der Waals surface area contributed by atoms with Crippen LogP contribution in [0.2, 0.25) is 0 Å². The van der Waals surface area contributed by atoms with Gasteiger partial charge >= 0.3 is 0 Å². The van der Waals surface area contributed by atoms with E-state index in [1.807, 2.05) is 6.07 Å². The van der Waals surface area contributed by atoms with Crippen molar-refractivity contribution in [2.75, 3.05) is 5.32 Å². The number of hydrogen-bond acceptors (Lipinski definition) is 4. The average Bonchev–Trinajstić information content (AvgIpc) is 2.26. The number of rotatable bonds is 3. The normalized spacial score (nSPS) is 16.7. The first kappa shape index (κ1) is 11.4. The number of nitro groups is 1. The lowest BCUT2D eigenvalue weighted by molar-refractivity contribution is -0.385. The minimum atomic E-state index is -0.534. The van der Waals surface area contributed by atoms with E-state index in [0.717, 1.165) is 18.5 Å². The topological polar surface area (TPSA) is 79.0 Å². The monoisotopic (exact) mass is 231 g/mol. The third-order valence-electron chi connectivity index (χ3n) is 3.22. The zero-order chi connectivity index (χ0) is 12.5. The molecule has 0 atom stereocenters. The van der Waals surface area contributed by atoms with Crippen molar-refractivity contribution >= 4 is 11.4 Å². The Bertz CT molecular complexity index is 501. The lowest BCUT2D eigenvalue weighted by atomic mass is 9.78. The van der Waals surface area contributed by atoms with Gasteiger partial charge in [0, 0.05) is 17.3 Å². The Hall–Kier alpha value is -2.09. The van der Waals surface area contributed by atoms with Crippen LogP contribution in [0.5, 0.6) is 0 Å². The molecule has 0 aliphatic heterocycles. The average molecular weight is 231 g/mol. The van der Waals surface area contributed by atoms with Crippen molar-refractivity contribution in [3.05, 3.63) is 33.9 Å². The predicted molar refractivity (Wildman–Crippen MR) is 63.7 cm³/mol. The molecule has 1 aliphatic carbocycles. The van der Waals surface area contributed by atoms with Gasteiger partial charge in [-0.2, -0.15) is 5.26 Å². The second kappa shape index (κ2) is 4.06. The summed E-state index contributed by atoms with van der Waals surface area (Å²) in [7, 11) is 0. The van der Waals surface area contributed by atoms with Crippen LogP contribution in [0.25, 0.3) is 0 Å². The Morgan fingerprint density at radius 1 is 1.53 bits per heavy atom.